The Morgan fingerprint density at radius 2 is 1.95 bits per heavy atom. The Kier molecular flexibility index (Phi) is 7.66. The predicted octanol–water partition coefficient (Wildman–Crippen LogP) is 4.40. The normalized spacial score (nSPS) is 12.4. The van der Waals surface area contributed by atoms with Gasteiger partial charge in [0.25, 0.3) is 0 Å². The maximum Gasteiger partial charge on any atom is 0.409 e. The minimum atomic E-state index is -2.16. The summed E-state index contributed by atoms with van der Waals surface area (Å²) in [6.07, 6.45) is 0.847. The number of nitrogens with one attached hydrogen (secondary N) is 1. The molecule has 13 nitrogen and oxygen atoms in total. The van der Waals surface area contributed by atoms with Crippen LogP contribution in [0.25, 0.3) is 11.2 Å². The van der Waals surface area contributed by atoms with Crippen molar-refractivity contribution in [3.05, 3.63) is 70.7 Å². The van der Waals surface area contributed by atoms with Crippen LogP contribution in [0.3, 0.4) is 0 Å². The summed E-state index contributed by atoms with van der Waals surface area (Å²) >= 11 is 18.8. The number of halogens is 3. The van der Waals surface area contributed by atoms with E-state index < -0.39 is 21.0 Å². The van der Waals surface area contributed by atoms with Gasteiger partial charge in [-0.1, -0.05) is 65.1 Å². The molecule has 1 atom stereocenters. The summed E-state index contributed by atoms with van der Waals surface area (Å²) in [6.45, 7) is 1.64. The zero-order valence-corrected chi connectivity index (χ0v) is 21.5. The summed E-state index contributed by atoms with van der Waals surface area (Å²) in [7, 11) is 0. The summed E-state index contributed by atoms with van der Waals surface area (Å²) in [5, 5.41) is 24.5. The number of hydrogen-bond donors (Lipinski definition) is 2. The van der Waals surface area contributed by atoms with Gasteiger partial charge in [-0.05, 0) is 10.5 Å². The molecule has 0 aliphatic heterocycles. The number of carbonyl (C=O) groups is 1. The van der Waals surface area contributed by atoms with Crippen molar-refractivity contribution in [1.29, 1.82) is 0 Å². The Morgan fingerprint density at radius 3 is 2.59 bits per heavy atom. The molecule has 16 heteroatoms. The Morgan fingerprint density at radius 1 is 1.22 bits per heavy atom. The number of fused-ring (bicyclic) bond motifs is 1. The zero-order valence-electron chi connectivity index (χ0n) is 19.2. The number of benzene rings is 1. The Labute approximate surface area is 224 Å². The van der Waals surface area contributed by atoms with Gasteiger partial charge in [0.05, 0.1) is 12.9 Å². The lowest BCUT2D eigenvalue weighted by Gasteiger charge is -2.34. The van der Waals surface area contributed by atoms with E-state index in [1.165, 1.54) is 21.8 Å². The van der Waals surface area contributed by atoms with Crippen LogP contribution in [0, 0.1) is 17.0 Å². The first kappa shape index (κ1) is 26.4. The number of aromatic nitrogens is 6. The fraction of sp³-hybridized carbons (Fsp3) is 0.286. The Balaban J connectivity index is 1.67. The van der Waals surface area contributed by atoms with E-state index >= 15 is 0 Å². The summed E-state index contributed by atoms with van der Waals surface area (Å²) in [6, 6.07) is 9.62. The molecule has 37 heavy (non-hydrogen) atoms. The second-order valence-electron chi connectivity index (χ2n) is 7.85. The number of nitro groups is 1. The van der Waals surface area contributed by atoms with E-state index in [9.17, 15) is 20.0 Å². The first-order valence-electron chi connectivity index (χ1n) is 10.8. The van der Waals surface area contributed by atoms with Gasteiger partial charge in [0, 0.05) is 13.5 Å². The van der Waals surface area contributed by atoms with Gasteiger partial charge in [-0.25, -0.2) is 29.3 Å². The van der Waals surface area contributed by atoms with E-state index in [0.29, 0.717) is 23.7 Å². The largest absolute Gasteiger partial charge is 0.465 e. The third-order valence-corrected chi connectivity index (χ3v) is 6.13. The van der Waals surface area contributed by atoms with Crippen LogP contribution in [-0.2, 0) is 13.1 Å². The number of rotatable bonds is 9. The van der Waals surface area contributed by atoms with E-state index in [1.807, 2.05) is 30.3 Å². The molecule has 2 N–H and O–H groups in total. The van der Waals surface area contributed by atoms with Gasteiger partial charge < -0.3 is 20.5 Å². The van der Waals surface area contributed by atoms with E-state index in [1.54, 1.807) is 6.92 Å². The molecular formula is C21H20Cl3N9O4. The lowest BCUT2D eigenvalue weighted by Crippen LogP contribution is -2.45. The van der Waals surface area contributed by atoms with Gasteiger partial charge in [-0.2, -0.15) is 0 Å². The van der Waals surface area contributed by atoms with Gasteiger partial charge >= 0.3 is 11.9 Å². The smallest absolute Gasteiger partial charge is 0.409 e. The van der Waals surface area contributed by atoms with Crippen molar-refractivity contribution in [3.63, 3.8) is 0 Å². The average Bonchev–Trinajstić information content (AvgIpc) is 3.43. The molecule has 3 aromatic heterocycles. The molecule has 3 heterocycles. The third-order valence-electron chi connectivity index (χ3n) is 5.54. The molecule has 0 fully saturated rings. The lowest BCUT2D eigenvalue weighted by molar-refractivity contribution is -0.392. The SMILES string of the molecule is Cc1ncc([N+](=O)[O-])n1CCN(C(=O)O)C(n1cnc2c(NCc3ccccc3)ncnc21)C(Cl)(Cl)Cl. The number of nitrogens with zero attached hydrogens (tertiary/aromatic N) is 8. The van der Waals surface area contributed by atoms with Crippen LogP contribution in [-0.4, -0.2) is 60.4 Å². The molecule has 0 bridgehead atoms. The van der Waals surface area contributed by atoms with E-state index in [-0.39, 0.29) is 24.6 Å². The highest BCUT2D eigenvalue weighted by Gasteiger charge is 2.43. The maximum absolute atomic E-state index is 12.3. The van der Waals surface area contributed by atoms with Crippen molar-refractivity contribution in [1.82, 2.24) is 34.0 Å². The molecule has 1 aromatic carbocycles. The molecule has 0 radical (unpaired) electrons. The van der Waals surface area contributed by atoms with Gasteiger partial charge in [-0.15, -0.1) is 0 Å². The number of carboxylic acid groups (broad SMARTS) is 1. The summed E-state index contributed by atoms with van der Waals surface area (Å²) in [4.78, 5) is 40.7. The second kappa shape index (κ2) is 10.7. The van der Waals surface area contributed by atoms with Crippen LogP contribution < -0.4 is 5.32 Å². The number of imidazole rings is 2. The standard InChI is InChI=1S/C21H20Cl3N9O4/c1-13-25-10-15(33(36)37)30(13)7-8-31(20(34)35)19(21(22,23)24)32-12-29-16-17(27-11-28-18(16)32)26-9-14-5-3-2-4-6-14/h2-6,10-12,19H,7-9H2,1H3,(H,34,35)(H,26,27,28). The minimum absolute atomic E-state index is 0.114. The molecule has 4 aromatic rings. The highest BCUT2D eigenvalue weighted by atomic mass is 35.6. The Hall–Kier alpha value is -3.68. The van der Waals surface area contributed by atoms with Crippen LogP contribution in [0.2, 0.25) is 0 Å². The highest BCUT2D eigenvalue weighted by molar-refractivity contribution is 6.68. The highest BCUT2D eigenvalue weighted by Crippen LogP contribution is 2.42. The molecule has 0 spiro atoms. The van der Waals surface area contributed by atoms with Gasteiger partial charge in [0.1, 0.15) is 24.6 Å². The van der Waals surface area contributed by atoms with Crippen molar-refractivity contribution in [2.24, 2.45) is 0 Å². The first-order valence-corrected chi connectivity index (χ1v) is 11.9. The fourth-order valence-corrected chi connectivity index (χ4v) is 4.50. The summed E-state index contributed by atoms with van der Waals surface area (Å²) < 4.78 is 0.427. The number of alkyl halides is 3. The topological polar surface area (TPSA) is 157 Å². The number of hydrogen-bond acceptors (Lipinski definition) is 8. The molecule has 0 aliphatic rings. The van der Waals surface area contributed by atoms with Crippen LogP contribution in [0.5, 0.6) is 0 Å². The molecule has 0 aliphatic carbocycles. The predicted molar refractivity (Wildman–Crippen MR) is 137 cm³/mol. The van der Waals surface area contributed by atoms with E-state index in [4.69, 9.17) is 34.8 Å². The molecule has 0 saturated carbocycles. The van der Waals surface area contributed by atoms with Crippen LogP contribution in [0.4, 0.5) is 16.4 Å². The van der Waals surface area contributed by atoms with Crippen molar-refractivity contribution in [2.75, 3.05) is 11.9 Å². The van der Waals surface area contributed by atoms with E-state index in [0.717, 1.165) is 16.7 Å². The zero-order chi connectivity index (χ0) is 26.7. The molecule has 1 amide bonds. The van der Waals surface area contributed by atoms with Crippen LogP contribution in [0.15, 0.2) is 49.2 Å². The molecule has 1 unspecified atom stereocenters. The van der Waals surface area contributed by atoms with Crippen LogP contribution in [0.1, 0.15) is 17.6 Å². The van der Waals surface area contributed by atoms with Gasteiger partial charge in [0.2, 0.25) is 3.79 Å². The minimum Gasteiger partial charge on any atom is -0.465 e. The van der Waals surface area contributed by atoms with Crippen molar-refractivity contribution in [2.45, 2.75) is 30.0 Å². The van der Waals surface area contributed by atoms with Crippen molar-refractivity contribution in [3.8, 4) is 0 Å². The molecule has 4 rings (SSSR count). The molecule has 194 valence electrons. The maximum atomic E-state index is 12.3. The number of aryl methyl sites for hydroxylation is 1. The van der Waals surface area contributed by atoms with Crippen LogP contribution >= 0.6 is 34.8 Å². The number of amides is 1. The quantitative estimate of drug-likeness (QED) is 0.170. The third kappa shape index (κ3) is 5.68. The van der Waals surface area contributed by atoms with E-state index in [2.05, 4.69) is 25.3 Å². The average molecular weight is 569 g/mol. The molecule has 0 saturated heterocycles. The first-order chi connectivity index (χ1) is 17.6. The monoisotopic (exact) mass is 567 g/mol. The second-order valence-corrected chi connectivity index (χ2v) is 10.2. The Bertz CT molecular complexity index is 1420. The fourth-order valence-electron chi connectivity index (χ4n) is 3.84. The lowest BCUT2D eigenvalue weighted by atomic mass is 10.2. The number of anilines is 1. The van der Waals surface area contributed by atoms with Crippen molar-refractivity contribution >= 4 is 63.7 Å². The summed E-state index contributed by atoms with van der Waals surface area (Å²) in [5.74, 6) is 0.447. The summed E-state index contributed by atoms with van der Waals surface area (Å²) in [5.41, 5.74) is 1.57. The molecular weight excluding hydrogens is 549 g/mol. The van der Waals surface area contributed by atoms with Gasteiger partial charge in [0.15, 0.2) is 23.5 Å². The van der Waals surface area contributed by atoms with Gasteiger partial charge in [-0.3, -0.25) is 9.47 Å². The van der Waals surface area contributed by atoms with Crippen molar-refractivity contribution < 1.29 is 14.8 Å².